The zero-order chi connectivity index (χ0) is 27.3. The highest BCUT2D eigenvalue weighted by molar-refractivity contribution is 5.92. The van der Waals surface area contributed by atoms with Crippen molar-refractivity contribution >= 4 is 29.6 Å². The van der Waals surface area contributed by atoms with E-state index in [2.05, 4.69) is 15.5 Å². The molecule has 12 nitrogen and oxygen atoms in total. The van der Waals surface area contributed by atoms with Crippen LogP contribution in [0.3, 0.4) is 0 Å². The normalized spacial score (nSPS) is 10.9. The van der Waals surface area contributed by atoms with Gasteiger partial charge in [0, 0.05) is 18.6 Å². The molecule has 3 amide bonds. The summed E-state index contributed by atoms with van der Waals surface area (Å²) >= 11 is 0. The standard InChI is InChI=1S/C26H24N4O8/c31-23(29-38-25(33)20-11-13-21(14-12-20)30(35)36)16-27-24(32)22(15-18-7-3-1-4-8-18)28-26(34)37-17-19-9-5-2-6-10-19/h1-14,22H,15-17H2,(H,27,32)(H,28,34)(H,29,31)/t22-/m0/s1. The number of alkyl carbamates (subject to hydrolysis) is 1. The van der Waals surface area contributed by atoms with Gasteiger partial charge in [-0.1, -0.05) is 60.7 Å². The van der Waals surface area contributed by atoms with Crippen LogP contribution in [-0.2, 0) is 32.2 Å². The maximum atomic E-state index is 12.8. The molecule has 3 rings (SSSR count). The van der Waals surface area contributed by atoms with Crippen LogP contribution in [-0.4, -0.2) is 41.4 Å². The van der Waals surface area contributed by atoms with Crippen molar-refractivity contribution in [1.82, 2.24) is 16.1 Å². The summed E-state index contributed by atoms with van der Waals surface area (Å²) in [5, 5.41) is 15.6. The zero-order valence-electron chi connectivity index (χ0n) is 20.0. The minimum Gasteiger partial charge on any atom is -0.445 e. The molecule has 0 unspecified atom stereocenters. The number of benzene rings is 3. The van der Waals surface area contributed by atoms with Crippen molar-refractivity contribution in [2.45, 2.75) is 19.1 Å². The third-order valence-corrected chi connectivity index (χ3v) is 5.10. The van der Waals surface area contributed by atoms with Crippen molar-refractivity contribution in [3.63, 3.8) is 0 Å². The molecule has 0 aliphatic rings. The molecule has 3 aromatic rings. The molecule has 0 saturated carbocycles. The van der Waals surface area contributed by atoms with E-state index >= 15 is 0 Å². The third kappa shape index (κ3) is 8.75. The quantitative estimate of drug-likeness (QED) is 0.271. The second kappa shape index (κ2) is 13.7. The van der Waals surface area contributed by atoms with Crippen molar-refractivity contribution in [2.75, 3.05) is 6.54 Å². The number of carbonyl (C=O) groups excluding carboxylic acids is 4. The molecule has 1 atom stereocenters. The van der Waals surface area contributed by atoms with Gasteiger partial charge in [0.25, 0.3) is 11.6 Å². The Hall–Kier alpha value is -5.26. The van der Waals surface area contributed by atoms with Crippen molar-refractivity contribution in [1.29, 1.82) is 0 Å². The lowest BCUT2D eigenvalue weighted by Gasteiger charge is -2.18. The van der Waals surface area contributed by atoms with Crippen LogP contribution in [0.1, 0.15) is 21.5 Å². The van der Waals surface area contributed by atoms with E-state index in [4.69, 9.17) is 4.74 Å². The third-order valence-electron chi connectivity index (χ3n) is 5.10. The average molecular weight is 520 g/mol. The fourth-order valence-electron chi connectivity index (χ4n) is 3.17. The summed E-state index contributed by atoms with van der Waals surface area (Å²) in [5.41, 5.74) is 3.19. The van der Waals surface area contributed by atoms with E-state index in [1.54, 1.807) is 48.5 Å². The van der Waals surface area contributed by atoms with Crippen LogP contribution in [0.15, 0.2) is 84.9 Å². The number of amides is 3. The molecule has 12 heteroatoms. The number of non-ortho nitro benzene ring substituents is 1. The van der Waals surface area contributed by atoms with E-state index in [9.17, 15) is 29.3 Å². The van der Waals surface area contributed by atoms with Gasteiger partial charge >= 0.3 is 12.1 Å². The first-order chi connectivity index (χ1) is 18.3. The second-order valence-electron chi connectivity index (χ2n) is 7.88. The number of nitrogens with one attached hydrogen (secondary N) is 3. The molecular formula is C26H24N4O8. The molecule has 0 spiro atoms. The predicted molar refractivity (Wildman–Crippen MR) is 133 cm³/mol. The molecule has 3 N–H and O–H groups in total. The number of hydroxylamine groups is 1. The van der Waals surface area contributed by atoms with Crippen LogP contribution in [0.2, 0.25) is 0 Å². The van der Waals surface area contributed by atoms with Crippen molar-refractivity contribution in [3.05, 3.63) is 112 Å². The predicted octanol–water partition coefficient (Wildman–Crippen LogP) is 2.44. The lowest BCUT2D eigenvalue weighted by molar-refractivity contribution is -0.384. The summed E-state index contributed by atoms with van der Waals surface area (Å²) in [6.45, 7) is -0.548. The number of nitrogens with zero attached hydrogens (tertiary/aromatic N) is 1. The highest BCUT2D eigenvalue weighted by atomic mass is 16.7. The van der Waals surface area contributed by atoms with E-state index < -0.39 is 41.4 Å². The summed E-state index contributed by atoms with van der Waals surface area (Å²) in [4.78, 5) is 64.0. The van der Waals surface area contributed by atoms with Crippen LogP contribution in [0.5, 0.6) is 0 Å². The van der Waals surface area contributed by atoms with E-state index in [-0.39, 0.29) is 24.3 Å². The van der Waals surface area contributed by atoms with Gasteiger partial charge in [-0.05, 0) is 23.3 Å². The smallest absolute Gasteiger partial charge is 0.408 e. The van der Waals surface area contributed by atoms with Crippen LogP contribution in [0.25, 0.3) is 0 Å². The van der Waals surface area contributed by atoms with Crippen LogP contribution in [0, 0.1) is 10.1 Å². The number of carbonyl (C=O) groups is 4. The highest BCUT2D eigenvalue weighted by Gasteiger charge is 2.23. The molecule has 196 valence electrons. The Balaban J connectivity index is 1.51. The van der Waals surface area contributed by atoms with Gasteiger partial charge in [-0.2, -0.15) is 5.48 Å². The number of nitro benzene ring substituents is 1. The van der Waals surface area contributed by atoms with Gasteiger partial charge < -0.3 is 20.2 Å². The molecule has 38 heavy (non-hydrogen) atoms. The average Bonchev–Trinajstić information content (AvgIpc) is 2.94. The summed E-state index contributed by atoms with van der Waals surface area (Å²) < 4.78 is 5.20. The topological polar surface area (TPSA) is 166 Å². The number of hydrogen-bond acceptors (Lipinski definition) is 8. The molecule has 3 aromatic carbocycles. The van der Waals surface area contributed by atoms with Gasteiger partial charge in [-0.15, -0.1) is 0 Å². The Labute approximate surface area is 217 Å². The fourth-order valence-corrected chi connectivity index (χ4v) is 3.17. The summed E-state index contributed by atoms with van der Waals surface area (Å²) in [6, 6.07) is 21.5. The highest BCUT2D eigenvalue weighted by Crippen LogP contribution is 2.12. The molecule has 0 aliphatic heterocycles. The van der Waals surface area contributed by atoms with Gasteiger partial charge in [0.1, 0.15) is 12.6 Å². The first-order valence-corrected chi connectivity index (χ1v) is 11.3. The Morgan fingerprint density at radius 3 is 2.05 bits per heavy atom. The van der Waals surface area contributed by atoms with E-state index in [1.165, 1.54) is 12.1 Å². The van der Waals surface area contributed by atoms with Crippen LogP contribution < -0.4 is 16.1 Å². The lowest BCUT2D eigenvalue weighted by atomic mass is 10.1. The molecule has 0 heterocycles. The molecule has 0 aromatic heterocycles. The molecule has 0 fully saturated rings. The zero-order valence-corrected chi connectivity index (χ0v) is 20.0. The Morgan fingerprint density at radius 2 is 1.45 bits per heavy atom. The lowest BCUT2D eigenvalue weighted by Crippen LogP contribution is -2.50. The van der Waals surface area contributed by atoms with Gasteiger partial charge in [-0.25, -0.2) is 9.59 Å². The molecule has 0 bridgehead atoms. The largest absolute Gasteiger partial charge is 0.445 e. The second-order valence-corrected chi connectivity index (χ2v) is 7.88. The fraction of sp³-hybridized carbons (Fsp3) is 0.154. The number of hydrogen-bond donors (Lipinski definition) is 3. The maximum Gasteiger partial charge on any atom is 0.408 e. The minimum atomic E-state index is -1.06. The van der Waals surface area contributed by atoms with Crippen LogP contribution >= 0.6 is 0 Å². The molecular weight excluding hydrogens is 496 g/mol. The van der Waals surface area contributed by atoms with Crippen molar-refractivity contribution < 1.29 is 33.7 Å². The van der Waals surface area contributed by atoms with Gasteiger partial charge in [0.2, 0.25) is 5.91 Å². The Morgan fingerprint density at radius 1 is 0.842 bits per heavy atom. The summed E-state index contributed by atoms with van der Waals surface area (Å²) in [7, 11) is 0. The summed E-state index contributed by atoms with van der Waals surface area (Å²) in [5.74, 6) is -2.47. The van der Waals surface area contributed by atoms with Crippen molar-refractivity contribution in [2.24, 2.45) is 0 Å². The van der Waals surface area contributed by atoms with E-state index in [1.807, 2.05) is 17.6 Å². The Bertz CT molecular complexity index is 1270. The first-order valence-electron chi connectivity index (χ1n) is 11.3. The first kappa shape index (κ1) is 27.3. The molecule has 0 aliphatic carbocycles. The minimum absolute atomic E-state index is 0.00881. The number of ether oxygens (including phenoxy) is 1. The van der Waals surface area contributed by atoms with E-state index in [0.717, 1.165) is 23.3 Å². The molecule has 0 saturated heterocycles. The maximum absolute atomic E-state index is 12.8. The monoisotopic (exact) mass is 520 g/mol. The van der Waals surface area contributed by atoms with Gasteiger partial charge in [-0.3, -0.25) is 19.7 Å². The van der Waals surface area contributed by atoms with Gasteiger partial charge in [0.15, 0.2) is 0 Å². The Kier molecular flexibility index (Phi) is 9.87. The number of nitro groups is 1. The molecule has 0 radical (unpaired) electrons. The van der Waals surface area contributed by atoms with Crippen molar-refractivity contribution in [3.8, 4) is 0 Å². The van der Waals surface area contributed by atoms with E-state index in [0.29, 0.717) is 0 Å². The van der Waals surface area contributed by atoms with Crippen LogP contribution in [0.4, 0.5) is 10.5 Å². The number of rotatable bonds is 10. The van der Waals surface area contributed by atoms with Gasteiger partial charge in [0.05, 0.1) is 17.0 Å². The summed E-state index contributed by atoms with van der Waals surface area (Å²) in [6.07, 6.45) is -0.685. The SMILES string of the molecule is O=C(CNC(=O)[C@H](Cc1ccccc1)NC(=O)OCc1ccccc1)NOC(=O)c1ccc([N+](=O)[O-])cc1.